The van der Waals surface area contributed by atoms with E-state index in [4.69, 9.17) is 0 Å². The minimum absolute atomic E-state index is 0.0319. The molecule has 126 valence electrons. The minimum Gasteiger partial charge on any atom is -0.333 e. The quantitative estimate of drug-likeness (QED) is 0.635. The van der Waals surface area contributed by atoms with Crippen molar-refractivity contribution in [3.8, 4) is 0 Å². The normalized spacial score (nSPS) is 19.9. The van der Waals surface area contributed by atoms with Crippen LogP contribution in [-0.4, -0.2) is 34.9 Å². The molecule has 8 nitrogen and oxygen atoms in total. The lowest BCUT2D eigenvalue weighted by Gasteiger charge is -2.25. The Morgan fingerprint density at radius 1 is 1.29 bits per heavy atom. The molecule has 0 saturated heterocycles. The molecule has 0 fully saturated rings. The van der Waals surface area contributed by atoms with Crippen LogP contribution in [0.3, 0.4) is 0 Å². The number of unbranched alkanes of at least 4 members (excludes halogenated alkanes) is 1. The molecule has 2 heterocycles. The average molecular weight is 330 g/mol. The first-order valence-corrected chi connectivity index (χ1v) is 7.85. The van der Waals surface area contributed by atoms with Gasteiger partial charge in [-0.2, -0.15) is 0 Å². The third kappa shape index (κ3) is 2.82. The van der Waals surface area contributed by atoms with Crippen LogP contribution in [0.4, 0.5) is 10.5 Å². The standard InChI is InChI=1S/C16H18N4O4/c1-2-3-8-19-9-12-13(15(19)21)14(18-16(22)17-12)10-4-6-11(7-5-10)20(23)24/h4-7,14H,2-3,8-9H2,1H3,(H2,17,18,22). The van der Waals surface area contributed by atoms with Crippen molar-refractivity contribution < 1.29 is 14.5 Å². The van der Waals surface area contributed by atoms with Crippen molar-refractivity contribution in [3.63, 3.8) is 0 Å². The van der Waals surface area contributed by atoms with Gasteiger partial charge in [-0.1, -0.05) is 13.3 Å². The van der Waals surface area contributed by atoms with E-state index in [0.29, 0.717) is 29.9 Å². The van der Waals surface area contributed by atoms with E-state index >= 15 is 0 Å². The molecule has 3 rings (SSSR count). The maximum atomic E-state index is 12.7. The molecule has 3 amide bonds. The van der Waals surface area contributed by atoms with Crippen LogP contribution in [0.25, 0.3) is 0 Å². The average Bonchev–Trinajstić information content (AvgIpc) is 2.88. The fourth-order valence-electron chi connectivity index (χ4n) is 3.00. The molecule has 1 atom stereocenters. The number of nitro benzene ring substituents is 1. The molecule has 2 aliphatic rings. The summed E-state index contributed by atoms with van der Waals surface area (Å²) in [5, 5.41) is 16.2. The predicted octanol–water partition coefficient (Wildman–Crippen LogP) is 1.85. The third-order valence-corrected chi connectivity index (χ3v) is 4.24. The van der Waals surface area contributed by atoms with Gasteiger partial charge in [-0.05, 0) is 24.1 Å². The zero-order valence-corrected chi connectivity index (χ0v) is 13.2. The first-order valence-electron chi connectivity index (χ1n) is 7.85. The number of hydrogen-bond acceptors (Lipinski definition) is 4. The fraction of sp³-hybridized carbons (Fsp3) is 0.375. The summed E-state index contributed by atoms with van der Waals surface area (Å²) in [4.78, 5) is 36.6. The van der Waals surface area contributed by atoms with E-state index in [0.717, 1.165) is 12.8 Å². The van der Waals surface area contributed by atoms with Crippen molar-refractivity contribution >= 4 is 17.6 Å². The summed E-state index contributed by atoms with van der Waals surface area (Å²) in [7, 11) is 0. The van der Waals surface area contributed by atoms with Crippen LogP contribution < -0.4 is 10.6 Å². The number of urea groups is 1. The Kier molecular flexibility index (Phi) is 4.20. The second-order valence-corrected chi connectivity index (χ2v) is 5.85. The molecule has 2 N–H and O–H groups in total. The molecule has 0 aromatic heterocycles. The lowest BCUT2D eigenvalue weighted by Crippen LogP contribution is -2.44. The number of benzene rings is 1. The molecule has 2 aliphatic heterocycles. The van der Waals surface area contributed by atoms with Gasteiger partial charge in [0, 0.05) is 18.7 Å². The largest absolute Gasteiger partial charge is 0.333 e. The van der Waals surface area contributed by atoms with Crippen LogP contribution in [0, 0.1) is 10.1 Å². The van der Waals surface area contributed by atoms with Gasteiger partial charge in [0.15, 0.2) is 0 Å². The Hall–Kier alpha value is -2.90. The molecule has 0 saturated carbocycles. The van der Waals surface area contributed by atoms with Gasteiger partial charge in [-0.3, -0.25) is 14.9 Å². The van der Waals surface area contributed by atoms with Crippen LogP contribution in [-0.2, 0) is 4.79 Å². The Morgan fingerprint density at radius 3 is 2.62 bits per heavy atom. The predicted molar refractivity (Wildman–Crippen MR) is 86.0 cm³/mol. The van der Waals surface area contributed by atoms with Gasteiger partial charge in [0.25, 0.3) is 11.6 Å². The molecule has 0 bridgehead atoms. The van der Waals surface area contributed by atoms with E-state index < -0.39 is 11.0 Å². The van der Waals surface area contributed by atoms with E-state index in [-0.39, 0.29) is 17.6 Å². The maximum Gasteiger partial charge on any atom is 0.319 e. The van der Waals surface area contributed by atoms with Gasteiger partial charge in [-0.15, -0.1) is 0 Å². The summed E-state index contributed by atoms with van der Waals surface area (Å²) in [5.74, 6) is -0.102. The van der Waals surface area contributed by atoms with Gasteiger partial charge in [-0.25, -0.2) is 4.79 Å². The van der Waals surface area contributed by atoms with Crippen LogP contribution >= 0.6 is 0 Å². The Morgan fingerprint density at radius 2 is 2.00 bits per heavy atom. The van der Waals surface area contributed by atoms with Crippen LogP contribution in [0.2, 0.25) is 0 Å². The van der Waals surface area contributed by atoms with Crippen LogP contribution in [0.15, 0.2) is 35.5 Å². The van der Waals surface area contributed by atoms with Crippen molar-refractivity contribution in [1.82, 2.24) is 15.5 Å². The zero-order valence-electron chi connectivity index (χ0n) is 13.2. The summed E-state index contributed by atoms with van der Waals surface area (Å²) in [6, 6.07) is 4.92. The lowest BCUT2D eigenvalue weighted by molar-refractivity contribution is -0.384. The first-order chi connectivity index (χ1) is 11.5. The molecule has 0 aliphatic carbocycles. The van der Waals surface area contributed by atoms with Crippen molar-refractivity contribution in [2.75, 3.05) is 13.1 Å². The van der Waals surface area contributed by atoms with Gasteiger partial charge in [0.1, 0.15) is 0 Å². The van der Waals surface area contributed by atoms with Crippen molar-refractivity contribution in [2.24, 2.45) is 0 Å². The van der Waals surface area contributed by atoms with E-state index in [2.05, 4.69) is 17.6 Å². The van der Waals surface area contributed by atoms with Crippen molar-refractivity contribution in [3.05, 3.63) is 51.2 Å². The van der Waals surface area contributed by atoms with Crippen molar-refractivity contribution in [2.45, 2.75) is 25.8 Å². The number of hydrogen-bond donors (Lipinski definition) is 2. The van der Waals surface area contributed by atoms with E-state index in [1.807, 2.05) is 0 Å². The number of nitro groups is 1. The molecule has 8 heteroatoms. The van der Waals surface area contributed by atoms with E-state index in [1.165, 1.54) is 12.1 Å². The number of amides is 3. The molecule has 0 radical (unpaired) electrons. The number of nitrogens with zero attached hydrogens (tertiary/aromatic N) is 2. The van der Waals surface area contributed by atoms with Gasteiger partial charge < -0.3 is 15.5 Å². The maximum absolute atomic E-state index is 12.7. The smallest absolute Gasteiger partial charge is 0.319 e. The Balaban J connectivity index is 1.89. The highest BCUT2D eigenvalue weighted by Gasteiger charge is 2.40. The van der Waals surface area contributed by atoms with Crippen LogP contribution in [0.1, 0.15) is 31.4 Å². The summed E-state index contributed by atoms with van der Waals surface area (Å²) >= 11 is 0. The summed E-state index contributed by atoms with van der Waals surface area (Å²) < 4.78 is 0. The van der Waals surface area contributed by atoms with Crippen molar-refractivity contribution in [1.29, 1.82) is 0 Å². The monoisotopic (exact) mass is 330 g/mol. The highest BCUT2D eigenvalue weighted by atomic mass is 16.6. The molecular formula is C16H18N4O4. The van der Waals surface area contributed by atoms with Gasteiger partial charge in [0.2, 0.25) is 0 Å². The number of carbonyl (C=O) groups is 2. The topological polar surface area (TPSA) is 105 Å². The molecule has 1 aromatic carbocycles. The summed E-state index contributed by atoms with van der Waals surface area (Å²) in [6.07, 6.45) is 1.88. The molecule has 0 spiro atoms. The molecule has 24 heavy (non-hydrogen) atoms. The Bertz CT molecular complexity index is 726. The number of carbonyl (C=O) groups excluding carboxylic acids is 2. The summed E-state index contributed by atoms with van der Waals surface area (Å²) in [6.45, 7) is 3.09. The molecular weight excluding hydrogens is 312 g/mol. The van der Waals surface area contributed by atoms with Gasteiger partial charge in [0.05, 0.1) is 28.8 Å². The fourth-order valence-corrected chi connectivity index (χ4v) is 3.00. The molecule has 1 unspecified atom stereocenters. The summed E-state index contributed by atoms with van der Waals surface area (Å²) in [5.41, 5.74) is 1.74. The second-order valence-electron chi connectivity index (χ2n) is 5.85. The Labute approximate surface area is 138 Å². The number of non-ortho nitro benzene ring substituents is 1. The van der Waals surface area contributed by atoms with E-state index in [9.17, 15) is 19.7 Å². The number of rotatable bonds is 5. The minimum atomic E-state index is -0.589. The zero-order chi connectivity index (χ0) is 17.3. The highest BCUT2D eigenvalue weighted by Crippen LogP contribution is 2.33. The van der Waals surface area contributed by atoms with Crippen LogP contribution in [0.5, 0.6) is 0 Å². The highest BCUT2D eigenvalue weighted by molar-refractivity contribution is 6.01. The van der Waals surface area contributed by atoms with E-state index in [1.54, 1.807) is 17.0 Å². The number of nitrogens with one attached hydrogen (secondary N) is 2. The first kappa shape index (κ1) is 16.0. The second kappa shape index (κ2) is 6.31. The van der Waals surface area contributed by atoms with Gasteiger partial charge >= 0.3 is 6.03 Å². The molecule has 1 aromatic rings. The third-order valence-electron chi connectivity index (χ3n) is 4.24. The SMILES string of the molecule is CCCCN1CC2=C(C1=O)C(c1ccc([N+](=O)[O-])cc1)NC(=O)N2. The lowest BCUT2D eigenvalue weighted by atomic mass is 9.96.